The first-order valence-electron chi connectivity index (χ1n) is 15.0. The number of ketones is 2. The lowest BCUT2D eigenvalue weighted by Crippen LogP contribution is -2.44. The summed E-state index contributed by atoms with van der Waals surface area (Å²) in [7, 11) is 1.54. The van der Waals surface area contributed by atoms with E-state index in [1.165, 1.54) is 0 Å². The molecule has 3 aliphatic rings. The summed E-state index contributed by atoms with van der Waals surface area (Å²) in [5, 5.41) is 3.37. The highest BCUT2D eigenvalue weighted by molar-refractivity contribution is 6.30. The van der Waals surface area contributed by atoms with E-state index in [-0.39, 0.29) is 34.9 Å². The molecule has 228 valence electrons. The van der Waals surface area contributed by atoms with E-state index in [2.05, 4.69) is 44.8 Å². The third-order valence-electron chi connectivity index (χ3n) is 8.48. The first kappa shape index (κ1) is 30.9. The highest BCUT2D eigenvalue weighted by Gasteiger charge is 2.48. The zero-order valence-corrected chi connectivity index (χ0v) is 26.7. The molecule has 0 aromatic heterocycles. The van der Waals surface area contributed by atoms with Gasteiger partial charge in [-0.2, -0.15) is 0 Å². The van der Waals surface area contributed by atoms with Gasteiger partial charge >= 0.3 is 0 Å². The van der Waals surface area contributed by atoms with Gasteiger partial charge in [0.1, 0.15) is 0 Å². The Labute approximate surface area is 259 Å². The number of allylic oxidation sites excluding steroid dienone is 4. The second kappa shape index (κ2) is 11.8. The molecule has 5 rings (SSSR count). The molecule has 0 atom stereocenters. The van der Waals surface area contributed by atoms with Gasteiger partial charge in [-0.15, -0.1) is 0 Å². The van der Waals surface area contributed by atoms with Gasteiger partial charge in [0.25, 0.3) is 5.91 Å². The Morgan fingerprint density at radius 2 is 1.49 bits per heavy atom. The van der Waals surface area contributed by atoms with Crippen molar-refractivity contribution in [2.45, 2.75) is 72.6 Å². The van der Waals surface area contributed by atoms with Gasteiger partial charge in [0.2, 0.25) is 0 Å². The molecule has 0 fully saturated rings. The van der Waals surface area contributed by atoms with E-state index in [0.717, 1.165) is 53.9 Å². The standard InChI is InChI=1S/C35H41ClN2O5/c1-7-14-38-24-16-34(2,3)18-26(39)32(24)31(33-25(38)17-35(4,5)19-27(33)40)21-8-13-28(29(15-21)42-6)43-20-30(41)37-23-11-9-22(36)10-12-23/h8-13,15,31H,7,14,16-20H2,1-6H3,(H,37,41). The maximum atomic E-state index is 13.9. The number of methoxy groups -OCH3 is 1. The smallest absolute Gasteiger partial charge is 0.262 e. The van der Waals surface area contributed by atoms with E-state index in [1.807, 2.05) is 12.1 Å². The average molecular weight is 605 g/mol. The second-order valence-electron chi connectivity index (χ2n) is 13.4. The van der Waals surface area contributed by atoms with Gasteiger partial charge in [-0.3, -0.25) is 14.4 Å². The van der Waals surface area contributed by atoms with Crippen molar-refractivity contribution in [3.05, 3.63) is 75.6 Å². The van der Waals surface area contributed by atoms with E-state index < -0.39 is 5.92 Å². The van der Waals surface area contributed by atoms with E-state index in [4.69, 9.17) is 21.1 Å². The molecular weight excluding hydrogens is 564 g/mol. The summed E-state index contributed by atoms with van der Waals surface area (Å²) < 4.78 is 11.6. The Morgan fingerprint density at radius 3 is 2.02 bits per heavy atom. The highest BCUT2D eigenvalue weighted by Crippen LogP contribution is 2.55. The van der Waals surface area contributed by atoms with Crippen LogP contribution in [0.15, 0.2) is 65.0 Å². The largest absolute Gasteiger partial charge is 0.493 e. The van der Waals surface area contributed by atoms with Crippen LogP contribution >= 0.6 is 11.6 Å². The van der Waals surface area contributed by atoms with Crippen molar-refractivity contribution in [3.63, 3.8) is 0 Å². The number of halogens is 1. The maximum Gasteiger partial charge on any atom is 0.262 e. The molecule has 1 aliphatic heterocycles. The first-order valence-corrected chi connectivity index (χ1v) is 15.4. The predicted molar refractivity (Wildman–Crippen MR) is 168 cm³/mol. The summed E-state index contributed by atoms with van der Waals surface area (Å²) in [6.45, 7) is 11.3. The zero-order valence-electron chi connectivity index (χ0n) is 25.9. The van der Waals surface area contributed by atoms with Gasteiger partial charge < -0.3 is 19.7 Å². The molecule has 7 nitrogen and oxygen atoms in total. The molecule has 2 aromatic carbocycles. The second-order valence-corrected chi connectivity index (χ2v) is 13.9. The fourth-order valence-electron chi connectivity index (χ4n) is 6.73. The number of ether oxygens (including phenoxy) is 2. The number of nitrogens with zero attached hydrogens (tertiary/aromatic N) is 1. The number of hydrogen-bond donors (Lipinski definition) is 1. The van der Waals surface area contributed by atoms with Crippen LogP contribution in [-0.4, -0.2) is 42.6 Å². The fourth-order valence-corrected chi connectivity index (χ4v) is 6.86. The number of carbonyl (C=O) groups excluding carboxylic acids is 3. The Bertz CT molecular complexity index is 1470. The van der Waals surface area contributed by atoms with Crippen LogP contribution in [-0.2, 0) is 14.4 Å². The summed E-state index contributed by atoms with van der Waals surface area (Å²) in [5.74, 6) is 0.230. The maximum absolute atomic E-state index is 13.9. The van der Waals surface area contributed by atoms with Crippen LogP contribution in [0.5, 0.6) is 11.5 Å². The van der Waals surface area contributed by atoms with Crippen molar-refractivity contribution in [2.24, 2.45) is 10.8 Å². The number of rotatable bonds is 8. The summed E-state index contributed by atoms with van der Waals surface area (Å²) >= 11 is 5.93. The Morgan fingerprint density at radius 1 is 0.907 bits per heavy atom. The van der Waals surface area contributed by atoms with Gasteiger partial charge in [-0.1, -0.05) is 52.3 Å². The number of nitrogens with one attached hydrogen (secondary N) is 1. The summed E-state index contributed by atoms with van der Waals surface area (Å²) in [6, 6.07) is 12.3. The normalized spacial score (nSPS) is 19.7. The molecule has 43 heavy (non-hydrogen) atoms. The minimum atomic E-state index is -0.471. The lowest BCUT2D eigenvalue weighted by molar-refractivity contribution is -0.120. The van der Waals surface area contributed by atoms with Gasteiger partial charge in [0, 0.05) is 58.6 Å². The van der Waals surface area contributed by atoms with Crippen molar-refractivity contribution < 1.29 is 23.9 Å². The third kappa shape index (κ3) is 6.37. The lowest BCUT2D eigenvalue weighted by atomic mass is 9.63. The molecule has 0 unspecified atom stereocenters. The zero-order chi connectivity index (χ0) is 31.1. The molecular formula is C35H41ClN2O5. The quantitative estimate of drug-likeness (QED) is 0.337. The van der Waals surface area contributed by atoms with Crippen molar-refractivity contribution in [1.82, 2.24) is 4.90 Å². The molecule has 0 spiro atoms. The Hall–Kier alpha value is -3.58. The summed E-state index contributed by atoms with van der Waals surface area (Å²) in [6.07, 6.45) is 3.33. The van der Waals surface area contributed by atoms with Crippen molar-refractivity contribution >= 4 is 34.8 Å². The van der Waals surface area contributed by atoms with Gasteiger partial charge in [-0.25, -0.2) is 0 Å². The van der Waals surface area contributed by atoms with Crippen molar-refractivity contribution in [1.29, 1.82) is 0 Å². The number of Topliss-reactive ketones (excluding diaryl/α,β-unsaturated/α-hetero) is 2. The predicted octanol–water partition coefficient (Wildman–Crippen LogP) is 7.46. The van der Waals surface area contributed by atoms with Crippen LogP contribution in [0.3, 0.4) is 0 Å². The van der Waals surface area contributed by atoms with E-state index in [0.29, 0.717) is 35.1 Å². The number of amides is 1. The van der Waals surface area contributed by atoms with Crippen molar-refractivity contribution in [2.75, 3.05) is 25.6 Å². The molecule has 0 bridgehead atoms. The van der Waals surface area contributed by atoms with Crippen LogP contribution in [0.4, 0.5) is 5.69 Å². The number of benzene rings is 2. The van der Waals surface area contributed by atoms with E-state index in [9.17, 15) is 14.4 Å². The lowest BCUT2D eigenvalue weighted by Gasteiger charge is -2.49. The first-order chi connectivity index (χ1) is 20.3. The van der Waals surface area contributed by atoms with Crippen LogP contribution in [0.25, 0.3) is 0 Å². The molecule has 0 radical (unpaired) electrons. The molecule has 0 saturated heterocycles. The van der Waals surface area contributed by atoms with Crippen LogP contribution in [0.2, 0.25) is 5.02 Å². The molecule has 0 saturated carbocycles. The number of carbonyl (C=O) groups is 3. The average Bonchev–Trinajstić information content (AvgIpc) is 2.92. The monoisotopic (exact) mass is 604 g/mol. The molecule has 1 amide bonds. The number of hydrogen-bond acceptors (Lipinski definition) is 6. The summed E-state index contributed by atoms with van der Waals surface area (Å²) in [5.41, 5.74) is 4.67. The van der Waals surface area contributed by atoms with Gasteiger partial charge in [0.05, 0.1) is 7.11 Å². The highest BCUT2D eigenvalue weighted by atomic mass is 35.5. The topological polar surface area (TPSA) is 84.9 Å². The Kier molecular flexibility index (Phi) is 8.50. The van der Waals surface area contributed by atoms with Crippen LogP contribution in [0.1, 0.15) is 78.2 Å². The van der Waals surface area contributed by atoms with Crippen LogP contribution < -0.4 is 14.8 Å². The molecule has 2 aromatic rings. The van der Waals surface area contributed by atoms with Gasteiger partial charge in [0.15, 0.2) is 29.7 Å². The fraction of sp³-hybridized carbons (Fsp3) is 0.457. The van der Waals surface area contributed by atoms with Gasteiger partial charge in [-0.05, 0) is 72.1 Å². The minimum absolute atomic E-state index is 0.0969. The van der Waals surface area contributed by atoms with Crippen molar-refractivity contribution in [3.8, 4) is 11.5 Å². The van der Waals surface area contributed by atoms with E-state index >= 15 is 0 Å². The molecule has 1 heterocycles. The molecule has 2 aliphatic carbocycles. The number of anilines is 1. The van der Waals surface area contributed by atoms with Crippen LogP contribution in [0, 0.1) is 10.8 Å². The SMILES string of the molecule is CCCN1C2=C(C(=O)CC(C)(C)C2)C(c2ccc(OCC(=O)Nc3ccc(Cl)cc3)c(OC)c2)C2=C1CC(C)(C)CC2=O. The van der Waals surface area contributed by atoms with E-state index in [1.54, 1.807) is 37.4 Å². The molecule has 1 N–H and O–H groups in total. The summed E-state index contributed by atoms with van der Waals surface area (Å²) in [4.78, 5) is 42.7. The third-order valence-corrected chi connectivity index (χ3v) is 8.73. The minimum Gasteiger partial charge on any atom is -0.493 e. The Balaban J connectivity index is 1.52. The molecule has 8 heteroatoms.